The first-order valence-electron chi connectivity index (χ1n) is 7.71. The molecule has 0 aromatic carbocycles. The van der Waals surface area contributed by atoms with Crippen LogP contribution in [0.4, 0.5) is 0 Å². The van der Waals surface area contributed by atoms with E-state index in [-0.39, 0.29) is 17.7 Å². The molecule has 0 bridgehead atoms. The number of carbonyl (C=O) groups is 2. The molecule has 0 aliphatic heterocycles. The van der Waals surface area contributed by atoms with Gasteiger partial charge in [0.05, 0.1) is 17.3 Å². The minimum absolute atomic E-state index is 0.00246. The minimum Gasteiger partial charge on any atom is -0.355 e. The van der Waals surface area contributed by atoms with E-state index in [1.807, 2.05) is 20.8 Å². The number of ketones is 1. The molecule has 1 amide bonds. The lowest BCUT2D eigenvalue weighted by atomic mass is 10.1. The maximum atomic E-state index is 12.1. The zero-order valence-corrected chi connectivity index (χ0v) is 15.1. The molecule has 0 saturated heterocycles. The molecule has 24 heavy (non-hydrogen) atoms. The van der Waals surface area contributed by atoms with Crippen molar-refractivity contribution >= 4 is 23.5 Å². The van der Waals surface area contributed by atoms with Crippen molar-refractivity contribution in [3.63, 3.8) is 0 Å². The minimum atomic E-state index is -0.112. The van der Waals surface area contributed by atoms with Gasteiger partial charge in [0.15, 0.2) is 10.9 Å². The summed E-state index contributed by atoms with van der Waals surface area (Å²) in [6, 6.07) is -0.112. The van der Waals surface area contributed by atoms with E-state index in [2.05, 4.69) is 25.6 Å². The molecule has 0 aliphatic rings. The van der Waals surface area contributed by atoms with E-state index in [9.17, 15) is 9.59 Å². The number of nitrogens with one attached hydrogen (secondary N) is 2. The maximum absolute atomic E-state index is 12.1. The number of aromatic amines is 1. The molecular weight excluding hydrogens is 328 g/mol. The predicted octanol–water partition coefficient (Wildman–Crippen LogP) is 1.68. The fourth-order valence-electron chi connectivity index (χ4n) is 2.63. The van der Waals surface area contributed by atoms with Crippen LogP contribution < -0.4 is 5.32 Å². The Labute approximate surface area is 144 Å². The fourth-order valence-corrected chi connectivity index (χ4v) is 3.27. The summed E-state index contributed by atoms with van der Waals surface area (Å²) in [6.45, 7) is 7.68. The summed E-state index contributed by atoms with van der Waals surface area (Å²) in [5, 5.41) is 14.5. The van der Waals surface area contributed by atoms with Gasteiger partial charge in [-0.1, -0.05) is 11.8 Å². The van der Waals surface area contributed by atoms with Crippen LogP contribution in [-0.4, -0.2) is 48.9 Å². The Bertz CT molecular complexity index is 710. The summed E-state index contributed by atoms with van der Waals surface area (Å²) >= 11 is 1.50. The molecule has 9 heteroatoms. The average Bonchev–Trinajstić information content (AvgIpc) is 3.11. The average molecular weight is 350 g/mol. The van der Waals surface area contributed by atoms with Gasteiger partial charge in [-0.2, -0.15) is 10.2 Å². The first-order chi connectivity index (χ1) is 11.4. The highest BCUT2D eigenvalue weighted by molar-refractivity contribution is 7.99. The predicted molar refractivity (Wildman–Crippen MR) is 91.1 cm³/mol. The SMILES string of the molecule is CC(=O)c1c(C)nn(C(C)CC(=O)NCCSc2ncn[nH]2)c1C. The molecule has 2 aromatic rings. The molecular formula is C15H22N6O2S. The van der Waals surface area contributed by atoms with Crippen LogP contribution in [0.5, 0.6) is 0 Å². The van der Waals surface area contributed by atoms with E-state index in [1.165, 1.54) is 25.0 Å². The van der Waals surface area contributed by atoms with Crippen molar-refractivity contribution in [2.75, 3.05) is 12.3 Å². The van der Waals surface area contributed by atoms with Crippen molar-refractivity contribution in [3.05, 3.63) is 23.3 Å². The second-order valence-corrected chi connectivity index (χ2v) is 6.67. The Morgan fingerprint density at radius 2 is 2.17 bits per heavy atom. The van der Waals surface area contributed by atoms with Gasteiger partial charge in [0.2, 0.25) is 5.91 Å². The number of hydrogen-bond donors (Lipinski definition) is 2. The second-order valence-electron chi connectivity index (χ2n) is 5.59. The molecule has 1 atom stereocenters. The highest BCUT2D eigenvalue weighted by Crippen LogP contribution is 2.19. The van der Waals surface area contributed by atoms with Crippen molar-refractivity contribution in [3.8, 4) is 0 Å². The molecule has 2 rings (SSSR count). The maximum Gasteiger partial charge on any atom is 0.222 e. The normalized spacial score (nSPS) is 12.2. The lowest BCUT2D eigenvalue weighted by molar-refractivity contribution is -0.121. The van der Waals surface area contributed by atoms with Crippen molar-refractivity contribution < 1.29 is 9.59 Å². The van der Waals surface area contributed by atoms with Crippen LogP contribution in [0.15, 0.2) is 11.5 Å². The van der Waals surface area contributed by atoms with Gasteiger partial charge >= 0.3 is 0 Å². The summed E-state index contributed by atoms with van der Waals surface area (Å²) in [5.74, 6) is 0.666. The number of nitrogens with zero attached hydrogens (tertiary/aromatic N) is 4. The lowest BCUT2D eigenvalue weighted by Crippen LogP contribution is -2.28. The van der Waals surface area contributed by atoms with E-state index in [0.29, 0.717) is 30.0 Å². The quantitative estimate of drug-likeness (QED) is 0.426. The van der Waals surface area contributed by atoms with Crippen molar-refractivity contribution in [2.24, 2.45) is 0 Å². The Kier molecular flexibility index (Phi) is 6.13. The number of rotatable bonds is 8. The highest BCUT2D eigenvalue weighted by atomic mass is 32.2. The van der Waals surface area contributed by atoms with Crippen LogP contribution in [0.25, 0.3) is 0 Å². The molecule has 0 aliphatic carbocycles. The zero-order chi connectivity index (χ0) is 17.7. The number of thioether (sulfide) groups is 1. The Morgan fingerprint density at radius 1 is 1.42 bits per heavy atom. The molecule has 2 N–H and O–H groups in total. The zero-order valence-electron chi connectivity index (χ0n) is 14.3. The molecule has 0 radical (unpaired) electrons. The standard InChI is InChI=1S/C15H22N6O2S/c1-9(21-11(3)14(12(4)22)10(2)20-21)7-13(23)16-5-6-24-15-17-8-18-19-15/h8-9H,5-7H2,1-4H3,(H,16,23)(H,17,18,19). The van der Waals surface area contributed by atoms with E-state index in [1.54, 1.807) is 4.68 Å². The third-order valence-corrected chi connectivity index (χ3v) is 4.51. The van der Waals surface area contributed by atoms with Crippen LogP contribution in [-0.2, 0) is 4.79 Å². The summed E-state index contributed by atoms with van der Waals surface area (Å²) in [6.07, 6.45) is 1.76. The molecule has 8 nitrogen and oxygen atoms in total. The first-order valence-corrected chi connectivity index (χ1v) is 8.70. The van der Waals surface area contributed by atoms with Crippen molar-refractivity contribution in [1.82, 2.24) is 30.3 Å². The van der Waals surface area contributed by atoms with Gasteiger partial charge in [-0.3, -0.25) is 19.4 Å². The largest absolute Gasteiger partial charge is 0.355 e. The fraction of sp³-hybridized carbons (Fsp3) is 0.533. The summed E-state index contributed by atoms with van der Waals surface area (Å²) in [4.78, 5) is 27.7. The number of amides is 1. The summed E-state index contributed by atoms with van der Waals surface area (Å²) < 4.78 is 1.76. The van der Waals surface area contributed by atoms with Gasteiger partial charge in [0.1, 0.15) is 6.33 Å². The molecule has 1 unspecified atom stereocenters. The van der Waals surface area contributed by atoms with Crippen LogP contribution in [0, 0.1) is 13.8 Å². The topological polar surface area (TPSA) is 106 Å². The number of H-pyrrole nitrogens is 1. The van der Waals surface area contributed by atoms with Crippen LogP contribution in [0.2, 0.25) is 0 Å². The van der Waals surface area contributed by atoms with Crippen molar-refractivity contribution in [1.29, 1.82) is 0 Å². The van der Waals surface area contributed by atoms with Crippen molar-refractivity contribution in [2.45, 2.75) is 45.3 Å². The van der Waals surface area contributed by atoms with Gasteiger partial charge in [-0.15, -0.1) is 0 Å². The highest BCUT2D eigenvalue weighted by Gasteiger charge is 2.20. The van der Waals surface area contributed by atoms with Gasteiger partial charge in [0, 0.05) is 24.4 Å². The second kappa shape index (κ2) is 8.09. The third-order valence-electron chi connectivity index (χ3n) is 3.63. The van der Waals surface area contributed by atoms with E-state index in [0.717, 1.165) is 10.9 Å². The van der Waals surface area contributed by atoms with E-state index < -0.39 is 0 Å². The lowest BCUT2D eigenvalue weighted by Gasteiger charge is -2.14. The van der Waals surface area contributed by atoms with Gasteiger partial charge < -0.3 is 5.32 Å². The first kappa shape index (κ1) is 18.2. The van der Waals surface area contributed by atoms with E-state index in [4.69, 9.17) is 0 Å². The molecule has 2 aromatic heterocycles. The smallest absolute Gasteiger partial charge is 0.222 e. The molecule has 2 heterocycles. The Balaban J connectivity index is 1.83. The number of carbonyl (C=O) groups excluding carboxylic acids is 2. The Morgan fingerprint density at radius 3 is 2.75 bits per heavy atom. The van der Waals surface area contributed by atoms with Gasteiger partial charge in [-0.05, 0) is 27.7 Å². The van der Waals surface area contributed by atoms with Gasteiger partial charge in [-0.25, -0.2) is 4.98 Å². The summed E-state index contributed by atoms with van der Waals surface area (Å²) in [5.41, 5.74) is 2.16. The molecule has 130 valence electrons. The molecule has 0 spiro atoms. The third kappa shape index (κ3) is 4.44. The van der Waals surface area contributed by atoms with Gasteiger partial charge in [0.25, 0.3) is 0 Å². The molecule has 0 fully saturated rings. The Hall–Kier alpha value is -2.16. The van der Waals surface area contributed by atoms with Crippen LogP contribution in [0.1, 0.15) is 48.1 Å². The number of aryl methyl sites for hydroxylation is 1. The summed E-state index contributed by atoms with van der Waals surface area (Å²) in [7, 11) is 0. The molecule has 0 saturated carbocycles. The number of hydrogen-bond acceptors (Lipinski definition) is 6. The van der Waals surface area contributed by atoms with E-state index >= 15 is 0 Å². The van der Waals surface area contributed by atoms with Crippen LogP contribution >= 0.6 is 11.8 Å². The number of aromatic nitrogens is 5. The number of Topliss-reactive ketones (excluding diaryl/α,β-unsaturated/α-hetero) is 1. The van der Waals surface area contributed by atoms with Crippen LogP contribution in [0.3, 0.4) is 0 Å². The monoisotopic (exact) mass is 350 g/mol.